The van der Waals surface area contributed by atoms with Crippen molar-refractivity contribution in [3.8, 4) is 5.75 Å². The van der Waals surface area contributed by atoms with Gasteiger partial charge in [0.25, 0.3) is 0 Å². The maximum Gasteiger partial charge on any atom is 0.412 e. The summed E-state index contributed by atoms with van der Waals surface area (Å²) in [6, 6.07) is 11.2. The zero-order valence-electron chi connectivity index (χ0n) is 15.8. The first-order valence-corrected chi connectivity index (χ1v) is 9.73. The van der Waals surface area contributed by atoms with Crippen molar-refractivity contribution in [1.29, 1.82) is 0 Å². The van der Waals surface area contributed by atoms with Crippen LogP contribution in [0.4, 0.5) is 10.5 Å². The van der Waals surface area contributed by atoms with Crippen LogP contribution in [0.5, 0.6) is 5.75 Å². The summed E-state index contributed by atoms with van der Waals surface area (Å²) in [5.74, 6) is -1.81. The van der Waals surface area contributed by atoms with Crippen LogP contribution >= 0.6 is 22.6 Å². The summed E-state index contributed by atoms with van der Waals surface area (Å²) in [5, 5.41) is 21.7. The van der Waals surface area contributed by atoms with Crippen LogP contribution in [-0.4, -0.2) is 28.1 Å². The topological polar surface area (TPSA) is 113 Å². The quantitative estimate of drug-likeness (QED) is 0.282. The molecule has 0 saturated carbocycles. The number of ketones is 1. The summed E-state index contributed by atoms with van der Waals surface area (Å²) in [5.41, 5.74) is 1.30. The molecule has 0 aliphatic rings. The highest BCUT2D eigenvalue weighted by Crippen LogP contribution is 2.34. The number of phenolic OH excluding ortho intramolecular Hbond substituents is 1. The molecule has 0 aliphatic carbocycles. The van der Waals surface area contributed by atoms with Crippen molar-refractivity contribution < 1.29 is 29.3 Å². The monoisotopic (exact) mass is 509 g/mol. The fraction of sp³-hybridized carbons (Fsp3) is 0.190. The Morgan fingerprint density at radius 3 is 2.38 bits per heavy atom. The molecular weight excluding hydrogens is 489 g/mol. The van der Waals surface area contributed by atoms with E-state index in [2.05, 4.69) is 27.9 Å². The number of carbonyl (C=O) groups is 3. The zero-order valence-corrected chi connectivity index (χ0v) is 17.9. The molecule has 7 nitrogen and oxygen atoms in total. The highest BCUT2D eigenvalue weighted by molar-refractivity contribution is 14.1. The fourth-order valence-electron chi connectivity index (χ4n) is 2.59. The smallest absolute Gasteiger partial charge is 0.412 e. The molecule has 2 aromatic carbocycles. The van der Waals surface area contributed by atoms with E-state index in [4.69, 9.17) is 9.84 Å². The van der Waals surface area contributed by atoms with Gasteiger partial charge in [0, 0.05) is 32.4 Å². The predicted molar refractivity (Wildman–Crippen MR) is 116 cm³/mol. The van der Waals surface area contributed by atoms with Crippen LogP contribution < -0.4 is 5.32 Å². The molecule has 1 amide bonds. The molecule has 0 aromatic heterocycles. The third-order valence-electron chi connectivity index (χ3n) is 4.09. The minimum Gasteiger partial charge on any atom is -0.508 e. The largest absolute Gasteiger partial charge is 0.508 e. The number of carboxylic acid groups (broad SMARTS) is 1. The number of benzene rings is 2. The Hall–Kier alpha value is -2.88. The Morgan fingerprint density at radius 2 is 1.79 bits per heavy atom. The average Bonchev–Trinajstić information content (AvgIpc) is 2.66. The summed E-state index contributed by atoms with van der Waals surface area (Å²) in [4.78, 5) is 34.6. The van der Waals surface area contributed by atoms with Gasteiger partial charge in [-0.25, -0.2) is 9.59 Å². The number of Topliss-reactive ketones (excluding diaryl/α,β-unsaturated/α-hetero) is 1. The van der Waals surface area contributed by atoms with Crippen LogP contribution in [0.2, 0.25) is 0 Å². The summed E-state index contributed by atoms with van der Waals surface area (Å²) in [6.07, 6.45) is 0.655. The maximum atomic E-state index is 12.4. The highest BCUT2D eigenvalue weighted by Gasteiger charge is 2.25. The number of aromatic hydroxyl groups is 1. The van der Waals surface area contributed by atoms with Gasteiger partial charge in [-0.05, 0) is 72.0 Å². The normalized spacial score (nSPS) is 12.9. The number of anilines is 1. The van der Waals surface area contributed by atoms with Crippen molar-refractivity contribution in [3.05, 3.63) is 69.3 Å². The molecule has 152 valence electrons. The van der Waals surface area contributed by atoms with Crippen LogP contribution in [0.1, 0.15) is 35.9 Å². The van der Waals surface area contributed by atoms with Gasteiger partial charge < -0.3 is 14.9 Å². The number of amides is 1. The van der Waals surface area contributed by atoms with Gasteiger partial charge in [0.15, 0.2) is 5.78 Å². The Bertz CT molecular complexity index is 939. The second-order valence-electron chi connectivity index (χ2n) is 6.34. The van der Waals surface area contributed by atoms with E-state index in [-0.39, 0.29) is 11.5 Å². The zero-order chi connectivity index (χ0) is 21.6. The standard InChI is InChI=1S/C21H20INO6/c1-12(3-10-19(26)27)20(17-11-15(22)6-9-18(17)25)29-21(28)23-16-7-4-14(5-8-16)13(2)24/h3-12,20,25H,1-2H3,(H,23,28)(H,26,27)/b10-3+/t12-,20-/m1/s1. The fourth-order valence-corrected chi connectivity index (χ4v) is 3.11. The molecule has 2 aromatic rings. The number of halogens is 1. The number of aliphatic carboxylic acids is 1. The van der Waals surface area contributed by atoms with E-state index >= 15 is 0 Å². The van der Waals surface area contributed by atoms with Crippen molar-refractivity contribution in [1.82, 2.24) is 0 Å². The van der Waals surface area contributed by atoms with Gasteiger partial charge in [-0.2, -0.15) is 0 Å². The molecule has 3 N–H and O–H groups in total. The molecule has 0 saturated heterocycles. The first kappa shape index (κ1) is 22.4. The number of carbonyl (C=O) groups excluding carboxylic acids is 2. The van der Waals surface area contributed by atoms with Crippen molar-refractivity contribution >= 4 is 46.1 Å². The molecule has 8 heteroatoms. The molecular formula is C21H20INO6. The van der Waals surface area contributed by atoms with E-state index in [1.807, 2.05) is 0 Å². The van der Waals surface area contributed by atoms with E-state index in [0.717, 1.165) is 9.65 Å². The maximum absolute atomic E-state index is 12.4. The molecule has 2 atom stereocenters. The van der Waals surface area contributed by atoms with E-state index in [1.54, 1.807) is 43.3 Å². The molecule has 0 aliphatic heterocycles. The number of hydrogen-bond acceptors (Lipinski definition) is 5. The molecule has 2 rings (SSSR count). The Kier molecular flexibility index (Phi) is 7.77. The Balaban J connectivity index is 2.24. The Labute approximate surface area is 181 Å². The second-order valence-corrected chi connectivity index (χ2v) is 7.59. The summed E-state index contributed by atoms with van der Waals surface area (Å²) < 4.78 is 6.34. The third kappa shape index (κ3) is 6.60. The van der Waals surface area contributed by atoms with Gasteiger partial charge in [-0.1, -0.05) is 13.0 Å². The summed E-state index contributed by atoms with van der Waals surface area (Å²) >= 11 is 2.06. The van der Waals surface area contributed by atoms with E-state index in [9.17, 15) is 19.5 Å². The van der Waals surface area contributed by atoms with Crippen molar-refractivity contribution in [2.24, 2.45) is 5.92 Å². The van der Waals surface area contributed by atoms with E-state index in [1.165, 1.54) is 19.1 Å². The molecule has 0 bridgehead atoms. The van der Waals surface area contributed by atoms with Crippen LogP contribution in [-0.2, 0) is 9.53 Å². The number of ether oxygens (including phenoxy) is 1. The first-order chi connectivity index (χ1) is 13.7. The average molecular weight is 509 g/mol. The van der Waals surface area contributed by atoms with Gasteiger partial charge in [0.2, 0.25) is 0 Å². The second kappa shape index (κ2) is 10.1. The first-order valence-electron chi connectivity index (χ1n) is 8.65. The summed E-state index contributed by atoms with van der Waals surface area (Å²) in [7, 11) is 0. The summed E-state index contributed by atoms with van der Waals surface area (Å²) in [6.45, 7) is 3.12. The number of carboxylic acids is 1. The molecule has 0 spiro atoms. The van der Waals surface area contributed by atoms with Crippen molar-refractivity contribution in [3.63, 3.8) is 0 Å². The van der Waals surface area contributed by atoms with Crippen LogP contribution in [0, 0.1) is 9.49 Å². The van der Waals surface area contributed by atoms with E-state index < -0.39 is 24.1 Å². The minimum atomic E-state index is -1.13. The lowest BCUT2D eigenvalue weighted by atomic mass is 9.96. The molecule has 0 unspecified atom stereocenters. The van der Waals surface area contributed by atoms with Crippen molar-refractivity contribution in [2.45, 2.75) is 20.0 Å². The minimum absolute atomic E-state index is 0.0652. The third-order valence-corrected chi connectivity index (χ3v) is 4.76. The lowest BCUT2D eigenvalue weighted by Crippen LogP contribution is -2.21. The molecule has 0 heterocycles. The molecule has 0 radical (unpaired) electrons. The Morgan fingerprint density at radius 1 is 1.14 bits per heavy atom. The van der Waals surface area contributed by atoms with Gasteiger partial charge >= 0.3 is 12.1 Å². The van der Waals surface area contributed by atoms with Crippen LogP contribution in [0.3, 0.4) is 0 Å². The number of phenols is 1. The SMILES string of the molecule is CC(=O)c1ccc(NC(=O)O[C@@H](c2cc(I)ccc2O)[C@H](C)/C=C/C(=O)O)cc1. The van der Waals surface area contributed by atoms with Crippen LogP contribution in [0.15, 0.2) is 54.6 Å². The van der Waals surface area contributed by atoms with Crippen molar-refractivity contribution in [2.75, 3.05) is 5.32 Å². The van der Waals surface area contributed by atoms with Gasteiger partial charge in [0.05, 0.1) is 0 Å². The van der Waals surface area contributed by atoms with Gasteiger partial charge in [0.1, 0.15) is 11.9 Å². The lowest BCUT2D eigenvalue weighted by molar-refractivity contribution is -0.131. The number of hydrogen-bond donors (Lipinski definition) is 3. The lowest BCUT2D eigenvalue weighted by Gasteiger charge is -2.23. The van der Waals surface area contributed by atoms with Gasteiger partial charge in [-0.15, -0.1) is 0 Å². The predicted octanol–water partition coefficient (Wildman–Crippen LogP) is 4.77. The highest BCUT2D eigenvalue weighted by atomic mass is 127. The van der Waals surface area contributed by atoms with Crippen LogP contribution in [0.25, 0.3) is 0 Å². The van der Waals surface area contributed by atoms with E-state index in [0.29, 0.717) is 16.8 Å². The number of rotatable bonds is 7. The number of nitrogens with one attached hydrogen (secondary N) is 1. The molecule has 0 fully saturated rings. The van der Waals surface area contributed by atoms with Gasteiger partial charge in [-0.3, -0.25) is 10.1 Å². The molecule has 29 heavy (non-hydrogen) atoms.